The molecule has 1 amide bonds. The number of nitrogens with zero attached hydrogens (tertiary/aromatic N) is 1. The van der Waals surface area contributed by atoms with E-state index in [2.05, 4.69) is 5.32 Å². The SMILES string of the molecule is O=C1NCCCCC1C=C[N+](=O)[O-]. The zero-order valence-electron chi connectivity index (χ0n) is 7.23. The molecule has 0 radical (unpaired) electrons. The second-order valence-corrected chi connectivity index (χ2v) is 3.02. The molecule has 72 valence electrons. The van der Waals surface area contributed by atoms with Gasteiger partial charge < -0.3 is 5.32 Å². The van der Waals surface area contributed by atoms with E-state index < -0.39 is 4.92 Å². The highest BCUT2D eigenvalue weighted by atomic mass is 16.6. The molecule has 0 spiro atoms. The number of rotatable bonds is 2. The summed E-state index contributed by atoms with van der Waals surface area (Å²) >= 11 is 0. The molecule has 1 heterocycles. The predicted molar refractivity (Wildman–Crippen MR) is 46.5 cm³/mol. The highest BCUT2D eigenvalue weighted by Crippen LogP contribution is 2.13. The first kappa shape index (κ1) is 9.70. The number of carbonyl (C=O) groups excluding carboxylic acids is 1. The Morgan fingerprint density at radius 2 is 2.31 bits per heavy atom. The smallest absolute Gasteiger partial charge is 0.231 e. The van der Waals surface area contributed by atoms with E-state index in [1.165, 1.54) is 6.08 Å². The minimum atomic E-state index is -0.543. The summed E-state index contributed by atoms with van der Waals surface area (Å²) in [5.41, 5.74) is 0. The highest BCUT2D eigenvalue weighted by Gasteiger charge is 2.18. The van der Waals surface area contributed by atoms with Crippen molar-refractivity contribution >= 4 is 5.91 Å². The van der Waals surface area contributed by atoms with Crippen LogP contribution in [0.25, 0.3) is 0 Å². The van der Waals surface area contributed by atoms with E-state index in [9.17, 15) is 14.9 Å². The second-order valence-electron chi connectivity index (χ2n) is 3.02. The van der Waals surface area contributed by atoms with Gasteiger partial charge in [0.15, 0.2) is 0 Å². The Hall–Kier alpha value is -1.39. The maximum absolute atomic E-state index is 11.2. The van der Waals surface area contributed by atoms with Gasteiger partial charge in [-0.3, -0.25) is 14.9 Å². The van der Waals surface area contributed by atoms with E-state index in [-0.39, 0.29) is 11.8 Å². The summed E-state index contributed by atoms with van der Waals surface area (Å²) in [6.45, 7) is 0.682. The van der Waals surface area contributed by atoms with E-state index in [1.807, 2.05) is 0 Å². The minimum absolute atomic E-state index is 0.101. The molecule has 1 saturated heterocycles. The number of nitrogens with one attached hydrogen (secondary N) is 1. The zero-order valence-corrected chi connectivity index (χ0v) is 7.23. The molecule has 0 bridgehead atoms. The van der Waals surface area contributed by atoms with Gasteiger partial charge in [-0.15, -0.1) is 0 Å². The molecule has 5 nitrogen and oxygen atoms in total. The van der Waals surface area contributed by atoms with Crippen LogP contribution in [-0.2, 0) is 4.79 Å². The molecular weight excluding hydrogens is 172 g/mol. The first-order chi connectivity index (χ1) is 6.20. The lowest BCUT2D eigenvalue weighted by molar-refractivity contribution is -0.402. The van der Waals surface area contributed by atoms with Crippen molar-refractivity contribution in [2.24, 2.45) is 5.92 Å². The normalized spacial score (nSPS) is 24.0. The predicted octanol–water partition coefficient (Wildman–Crippen LogP) is 0.693. The van der Waals surface area contributed by atoms with Crippen molar-refractivity contribution in [1.82, 2.24) is 5.32 Å². The highest BCUT2D eigenvalue weighted by molar-refractivity contribution is 5.80. The molecule has 0 aromatic rings. The largest absolute Gasteiger partial charge is 0.356 e. The molecule has 1 N–H and O–H groups in total. The summed E-state index contributed by atoms with van der Waals surface area (Å²) in [6.07, 6.45) is 4.80. The van der Waals surface area contributed by atoms with Crippen LogP contribution < -0.4 is 5.32 Å². The molecule has 5 heteroatoms. The standard InChI is InChI=1S/C8H12N2O3/c11-8-7(4-6-10(12)13)3-1-2-5-9-8/h4,6-7H,1-3,5H2,(H,9,11). The number of amides is 1. The Morgan fingerprint density at radius 1 is 1.54 bits per heavy atom. The third-order valence-electron chi connectivity index (χ3n) is 2.02. The number of hydrogen-bond acceptors (Lipinski definition) is 3. The Labute approximate surface area is 76.0 Å². The molecule has 1 fully saturated rings. The first-order valence-electron chi connectivity index (χ1n) is 4.29. The Kier molecular flexibility index (Phi) is 3.42. The Balaban J connectivity index is 2.54. The van der Waals surface area contributed by atoms with Gasteiger partial charge in [-0.1, -0.05) is 6.42 Å². The van der Waals surface area contributed by atoms with E-state index in [0.717, 1.165) is 19.0 Å². The molecule has 0 aromatic heterocycles. The van der Waals surface area contributed by atoms with E-state index >= 15 is 0 Å². The molecule has 1 atom stereocenters. The molecule has 13 heavy (non-hydrogen) atoms. The van der Waals surface area contributed by atoms with Crippen molar-refractivity contribution in [3.8, 4) is 0 Å². The zero-order chi connectivity index (χ0) is 9.68. The lowest BCUT2D eigenvalue weighted by Crippen LogP contribution is -2.27. The lowest BCUT2D eigenvalue weighted by Gasteiger charge is -2.05. The number of hydrogen-bond donors (Lipinski definition) is 1. The van der Waals surface area contributed by atoms with Crippen molar-refractivity contribution in [1.29, 1.82) is 0 Å². The fraction of sp³-hybridized carbons (Fsp3) is 0.625. The fourth-order valence-electron chi connectivity index (χ4n) is 1.32. The summed E-state index contributed by atoms with van der Waals surface area (Å²) in [5, 5.41) is 12.7. The van der Waals surface area contributed by atoms with Gasteiger partial charge in [0.1, 0.15) is 0 Å². The van der Waals surface area contributed by atoms with Gasteiger partial charge in [0.2, 0.25) is 12.1 Å². The van der Waals surface area contributed by atoms with Crippen molar-refractivity contribution in [3.05, 3.63) is 22.4 Å². The molecule has 1 unspecified atom stereocenters. The molecule has 1 aliphatic heterocycles. The van der Waals surface area contributed by atoms with Gasteiger partial charge >= 0.3 is 0 Å². The third-order valence-corrected chi connectivity index (χ3v) is 2.02. The maximum Gasteiger partial charge on any atom is 0.231 e. The van der Waals surface area contributed by atoms with Crippen LogP contribution in [0.15, 0.2) is 12.3 Å². The van der Waals surface area contributed by atoms with Crippen LogP contribution in [0.4, 0.5) is 0 Å². The van der Waals surface area contributed by atoms with Gasteiger partial charge in [0.05, 0.1) is 10.8 Å². The quantitative estimate of drug-likeness (QED) is 0.507. The van der Waals surface area contributed by atoms with Crippen molar-refractivity contribution < 1.29 is 9.72 Å². The Morgan fingerprint density at radius 3 is 3.00 bits per heavy atom. The summed E-state index contributed by atoms with van der Waals surface area (Å²) in [7, 11) is 0. The topological polar surface area (TPSA) is 72.2 Å². The molecule has 1 aliphatic rings. The summed E-state index contributed by atoms with van der Waals surface area (Å²) < 4.78 is 0. The van der Waals surface area contributed by atoms with Gasteiger partial charge in [0, 0.05) is 6.54 Å². The number of carbonyl (C=O) groups is 1. The Bertz CT molecular complexity index is 238. The van der Waals surface area contributed by atoms with Crippen molar-refractivity contribution in [2.45, 2.75) is 19.3 Å². The molecule has 1 rings (SSSR count). The van der Waals surface area contributed by atoms with Crippen LogP contribution in [0.1, 0.15) is 19.3 Å². The van der Waals surface area contributed by atoms with Crippen molar-refractivity contribution in [2.75, 3.05) is 6.54 Å². The molecular formula is C8H12N2O3. The molecule has 0 aliphatic carbocycles. The van der Waals surface area contributed by atoms with Gasteiger partial charge in [-0.05, 0) is 18.9 Å². The maximum atomic E-state index is 11.2. The van der Waals surface area contributed by atoms with Crippen LogP contribution in [0.3, 0.4) is 0 Å². The van der Waals surface area contributed by atoms with Crippen molar-refractivity contribution in [3.63, 3.8) is 0 Å². The minimum Gasteiger partial charge on any atom is -0.356 e. The average Bonchev–Trinajstić information content (AvgIpc) is 2.27. The van der Waals surface area contributed by atoms with Crippen LogP contribution >= 0.6 is 0 Å². The van der Waals surface area contributed by atoms with Gasteiger partial charge in [-0.2, -0.15) is 0 Å². The number of nitro groups is 1. The van der Waals surface area contributed by atoms with Crippen LogP contribution in [0.5, 0.6) is 0 Å². The molecule has 0 aromatic carbocycles. The van der Waals surface area contributed by atoms with Crippen LogP contribution in [0.2, 0.25) is 0 Å². The molecule has 0 saturated carbocycles. The lowest BCUT2D eigenvalue weighted by atomic mass is 10.0. The first-order valence-corrected chi connectivity index (χ1v) is 4.29. The fourth-order valence-corrected chi connectivity index (χ4v) is 1.32. The van der Waals surface area contributed by atoms with E-state index in [1.54, 1.807) is 0 Å². The summed E-state index contributed by atoms with van der Waals surface area (Å²) in [6, 6.07) is 0. The average molecular weight is 184 g/mol. The van der Waals surface area contributed by atoms with Gasteiger partial charge in [0.25, 0.3) is 0 Å². The monoisotopic (exact) mass is 184 g/mol. The third kappa shape index (κ3) is 3.23. The van der Waals surface area contributed by atoms with E-state index in [0.29, 0.717) is 13.0 Å². The summed E-state index contributed by atoms with van der Waals surface area (Å²) in [5.74, 6) is -0.427. The second kappa shape index (κ2) is 4.59. The summed E-state index contributed by atoms with van der Waals surface area (Å²) in [4.78, 5) is 20.7. The van der Waals surface area contributed by atoms with Crippen LogP contribution in [-0.4, -0.2) is 17.4 Å². The van der Waals surface area contributed by atoms with E-state index in [4.69, 9.17) is 0 Å². The van der Waals surface area contributed by atoms with Crippen LogP contribution in [0, 0.1) is 16.0 Å². The van der Waals surface area contributed by atoms with Gasteiger partial charge in [-0.25, -0.2) is 0 Å².